The summed E-state index contributed by atoms with van der Waals surface area (Å²) in [5.41, 5.74) is 2.56. The quantitative estimate of drug-likeness (QED) is 0.862. The molecule has 2 aromatic rings. The van der Waals surface area contributed by atoms with Crippen molar-refractivity contribution in [1.82, 2.24) is 10.1 Å². The fourth-order valence-corrected chi connectivity index (χ4v) is 2.83. The highest BCUT2D eigenvalue weighted by atomic mass is 32.2. The molecular formula is C16H21N3O4S. The molecule has 24 heavy (non-hydrogen) atoms. The van der Waals surface area contributed by atoms with Crippen molar-refractivity contribution in [3.05, 3.63) is 46.8 Å². The summed E-state index contributed by atoms with van der Waals surface area (Å²) in [7, 11) is -1.63. The first-order valence-electron chi connectivity index (χ1n) is 7.51. The summed E-state index contributed by atoms with van der Waals surface area (Å²) in [6, 6.07) is 6.34. The highest BCUT2D eigenvalue weighted by molar-refractivity contribution is 7.92. The molecule has 7 nitrogen and oxygen atoms in total. The smallest absolute Gasteiger partial charge is 0.253 e. The van der Waals surface area contributed by atoms with Gasteiger partial charge in [0.05, 0.1) is 18.0 Å². The molecule has 0 aliphatic carbocycles. The molecule has 1 N–H and O–H groups in total. The lowest BCUT2D eigenvalue weighted by molar-refractivity contribution is 0.0784. The number of rotatable bonds is 6. The first-order chi connectivity index (χ1) is 11.2. The van der Waals surface area contributed by atoms with Gasteiger partial charge in [0.1, 0.15) is 5.76 Å². The predicted molar refractivity (Wildman–Crippen MR) is 91.3 cm³/mol. The van der Waals surface area contributed by atoms with Crippen LogP contribution in [0.3, 0.4) is 0 Å². The minimum atomic E-state index is -3.33. The molecule has 8 heteroatoms. The van der Waals surface area contributed by atoms with E-state index in [-0.39, 0.29) is 11.7 Å². The number of amides is 1. The van der Waals surface area contributed by atoms with Crippen molar-refractivity contribution in [3.63, 3.8) is 0 Å². The Kier molecular flexibility index (Phi) is 5.28. The lowest BCUT2D eigenvalue weighted by atomic mass is 10.1. The molecule has 0 bridgehead atoms. The Balaban J connectivity index is 2.09. The molecular weight excluding hydrogens is 330 g/mol. The van der Waals surface area contributed by atoms with Crippen LogP contribution in [0, 0.1) is 13.8 Å². The van der Waals surface area contributed by atoms with Crippen LogP contribution in [0.15, 0.2) is 28.8 Å². The summed E-state index contributed by atoms with van der Waals surface area (Å²) < 4.78 is 30.6. The Morgan fingerprint density at radius 2 is 1.88 bits per heavy atom. The third kappa shape index (κ3) is 4.14. The van der Waals surface area contributed by atoms with E-state index in [1.54, 1.807) is 43.1 Å². The van der Waals surface area contributed by atoms with Gasteiger partial charge in [-0.1, -0.05) is 5.16 Å². The van der Waals surface area contributed by atoms with Crippen LogP contribution >= 0.6 is 0 Å². The summed E-state index contributed by atoms with van der Waals surface area (Å²) in [5.74, 6) is 0.518. The minimum absolute atomic E-state index is 0.00609. The number of nitrogens with zero attached hydrogens (tertiary/aromatic N) is 2. The van der Waals surface area contributed by atoms with Gasteiger partial charge in [-0.3, -0.25) is 9.52 Å². The van der Waals surface area contributed by atoms with Crippen molar-refractivity contribution >= 4 is 21.6 Å². The number of nitrogens with one attached hydrogen (secondary N) is 1. The number of aryl methyl sites for hydroxylation is 2. The van der Waals surface area contributed by atoms with E-state index in [1.165, 1.54) is 0 Å². The van der Waals surface area contributed by atoms with Crippen LogP contribution in [0.1, 0.15) is 34.3 Å². The van der Waals surface area contributed by atoms with E-state index < -0.39 is 10.0 Å². The van der Waals surface area contributed by atoms with E-state index in [9.17, 15) is 13.2 Å². The first-order valence-corrected chi connectivity index (χ1v) is 9.16. The van der Waals surface area contributed by atoms with Gasteiger partial charge in [0, 0.05) is 23.9 Å². The molecule has 0 radical (unpaired) electrons. The standard InChI is InChI=1S/C16H21N3O4S/c1-5-24(21,22)18-14-8-6-13(7-9-14)16(20)19(4)10-15-11(2)17-23-12(15)3/h6-9,18H,5,10H2,1-4H3. The number of benzene rings is 1. The lowest BCUT2D eigenvalue weighted by Crippen LogP contribution is -2.26. The zero-order valence-corrected chi connectivity index (χ0v) is 15.0. The third-order valence-corrected chi connectivity index (χ3v) is 5.02. The number of carbonyl (C=O) groups is 1. The summed E-state index contributed by atoms with van der Waals surface area (Å²) >= 11 is 0. The zero-order chi connectivity index (χ0) is 17.9. The average Bonchev–Trinajstić information content (AvgIpc) is 2.86. The summed E-state index contributed by atoms with van der Waals surface area (Å²) in [5, 5.41) is 3.88. The highest BCUT2D eigenvalue weighted by Crippen LogP contribution is 2.17. The minimum Gasteiger partial charge on any atom is -0.361 e. The Morgan fingerprint density at radius 3 is 2.38 bits per heavy atom. The van der Waals surface area contributed by atoms with Crippen LogP contribution in [-0.2, 0) is 16.6 Å². The van der Waals surface area contributed by atoms with Gasteiger partial charge in [0.2, 0.25) is 10.0 Å². The zero-order valence-electron chi connectivity index (χ0n) is 14.2. The third-order valence-electron chi connectivity index (χ3n) is 3.71. The van der Waals surface area contributed by atoms with Crippen molar-refractivity contribution < 1.29 is 17.7 Å². The van der Waals surface area contributed by atoms with E-state index in [2.05, 4.69) is 9.88 Å². The van der Waals surface area contributed by atoms with Gasteiger partial charge < -0.3 is 9.42 Å². The molecule has 0 aliphatic rings. The van der Waals surface area contributed by atoms with Gasteiger partial charge in [0.15, 0.2) is 0 Å². The molecule has 130 valence electrons. The predicted octanol–water partition coefficient (Wildman–Crippen LogP) is 2.33. The van der Waals surface area contributed by atoms with Gasteiger partial charge in [0.25, 0.3) is 5.91 Å². The summed E-state index contributed by atoms with van der Waals surface area (Å²) in [6.45, 7) is 5.59. The largest absolute Gasteiger partial charge is 0.361 e. The average molecular weight is 351 g/mol. The first kappa shape index (κ1) is 18.0. The maximum atomic E-state index is 12.5. The van der Waals surface area contributed by atoms with Crippen molar-refractivity contribution in [2.45, 2.75) is 27.3 Å². The second kappa shape index (κ2) is 7.04. The van der Waals surface area contributed by atoms with Gasteiger partial charge >= 0.3 is 0 Å². The van der Waals surface area contributed by atoms with Crippen LogP contribution in [-0.4, -0.2) is 37.2 Å². The molecule has 0 unspecified atom stereocenters. The number of anilines is 1. The number of hydrogen-bond acceptors (Lipinski definition) is 5. The number of sulfonamides is 1. The highest BCUT2D eigenvalue weighted by Gasteiger charge is 2.17. The molecule has 0 aliphatic heterocycles. The number of aromatic nitrogens is 1. The normalized spacial score (nSPS) is 11.3. The van der Waals surface area contributed by atoms with Crippen LogP contribution < -0.4 is 4.72 Å². The molecule has 0 fully saturated rings. The molecule has 1 aromatic heterocycles. The lowest BCUT2D eigenvalue weighted by Gasteiger charge is -2.17. The van der Waals surface area contributed by atoms with Crippen molar-refractivity contribution in [1.29, 1.82) is 0 Å². The van der Waals surface area contributed by atoms with E-state index >= 15 is 0 Å². The van der Waals surface area contributed by atoms with Crippen LogP contribution in [0.5, 0.6) is 0 Å². The van der Waals surface area contributed by atoms with Crippen LogP contribution in [0.25, 0.3) is 0 Å². The second-order valence-electron chi connectivity index (χ2n) is 5.55. The molecule has 0 atom stereocenters. The topological polar surface area (TPSA) is 92.5 Å². The maximum Gasteiger partial charge on any atom is 0.253 e. The van der Waals surface area contributed by atoms with Gasteiger partial charge in [-0.05, 0) is 45.0 Å². The molecule has 1 heterocycles. The Labute approximate surface area is 141 Å². The Morgan fingerprint density at radius 1 is 1.25 bits per heavy atom. The van der Waals surface area contributed by atoms with E-state index in [1.807, 2.05) is 13.8 Å². The van der Waals surface area contributed by atoms with Crippen molar-refractivity contribution in [2.75, 3.05) is 17.5 Å². The van der Waals surface area contributed by atoms with E-state index in [0.29, 0.717) is 23.6 Å². The summed E-state index contributed by atoms with van der Waals surface area (Å²) in [6.07, 6.45) is 0. The fraction of sp³-hybridized carbons (Fsp3) is 0.375. The Bertz CT molecular complexity index is 806. The fourth-order valence-electron chi connectivity index (χ4n) is 2.19. The van der Waals surface area contributed by atoms with Crippen molar-refractivity contribution in [3.8, 4) is 0 Å². The number of carbonyl (C=O) groups excluding carboxylic acids is 1. The van der Waals surface area contributed by atoms with Crippen LogP contribution in [0.2, 0.25) is 0 Å². The monoisotopic (exact) mass is 351 g/mol. The van der Waals surface area contributed by atoms with Crippen molar-refractivity contribution in [2.24, 2.45) is 0 Å². The maximum absolute atomic E-state index is 12.5. The molecule has 0 spiro atoms. The van der Waals surface area contributed by atoms with E-state index in [4.69, 9.17) is 4.52 Å². The summed E-state index contributed by atoms with van der Waals surface area (Å²) in [4.78, 5) is 14.0. The number of hydrogen-bond donors (Lipinski definition) is 1. The molecule has 1 aromatic carbocycles. The SMILES string of the molecule is CCS(=O)(=O)Nc1ccc(C(=O)N(C)Cc2c(C)noc2C)cc1. The molecule has 0 saturated carbocycles. The molecule has 1 amide bonds. The molecule has 2 rings (SSSR count). The van der Waals surface area contributed by atoms with Crippen LogP contribution in [0.4, 0.5) is 5.69 Å². The van der Waals surface area contributed by atoms with Gasteiger partial charge in [-0.25, -0.2) is 8.42 Å². The Hall–Kier alpha value is -2.35. The second-order valence-corrected chi connectivity index (χ2v) is 7.56. The van der Waals surface area contributed by atoms with Gasteiger partial charge in [-0.2, -0.15) is 0 Å². The van der Waals surface area contributed by atoms with E-state index in [0.717, 1.165) is 11.3 Å². The molecule has 0 saturated heterocycles. The van der Waals surface area contributed by atoms with Gasteiger partial charge in [-0.15, -0.1) is 0 Å².